The van der Waals surface area contributed by atoms with Crippen LogP contribution < -0.4 is 9.64 Å². The second kappa shape index (κ2) is 19.4. The van der Waals surface area contributed by atoms with Crippen LogP contribution in [0.15, 0.2) is 224 Å². The summed E-state index contributed by atoms with van der Waals surface area (Å²) in [6, 6.07) is 84.7. The molecule has 3 atom stereocenters. The molecule has 10 aromatic carbocycles. The third kappa shape index (κ3) is 8.41. The highest BCUT2D eigenvalue weighted by Gasteiger charge is 2.47. The summed E-state index contributed by atoms with van der Waals surface area (Å²) in [6.45, 7) is 14.4. The zero-order chi connectivity index (χ0) is 52.4. The Kier molecular flexibility index (Phi) is 12.2. The van der Waals surface area contributed by atoms with Crippen LogP contribution in [-0.2, 0) is 30.3 Å². The van der Waals surface area contributed by atoms with Crippen LogP contribution >= 0.6 is 0 Å². The van der Waals surface area contributed by atoms with Gasteiger partial charge in [-0.05, 0) is 194 Å². The van der Waals surface area contributed by atoms with E-state index in [9.17, 15) is 0 Å². The summed E-state index contributed by atoms with van der Waals surface area (Å²) in [4.78, 5) is 2.48. The molecule has 77 heavy (non-hydrogen) atoms. The van der Waals surface area contributed by atoms with E-state index in [2.05, 4.69) is 271 Å². The Morgan fingerprint density at radius 2 is 1.04 bits per heavy atom. The number of anilines is 3. The van der Waals surface area contributed by atoms with Crippen LogP contribution in [0.1, 0.15) is 125 Å². The van der Waals surface area contributed by atoms with Gasteiger partial charge in [-0.15, -0.1) is 0 Å². The van der Waals surface area contributed by atoms with Gasteiger partial charge in [0.15, 0.2) is 0 Å². The topological polar surface area (TPSA) is 12.5 Å². The Bertz CT molecular complexity index is 3810. The van der Waals surface area contributed by atoms with E-state index in [4.69, 9.17) is 4.74 Å². The van der Waals surface area contributed by atoms with Crippen LogP contribution in [0.2, 0.25) is 0 Å². The summed E-state index contributed by atoms with van der Waals surface area (Å²) in [5.41, 5.74) is 27.6. The minimum Gasteiger partial charge on any atom is -0.489 e. The molecule has 378 valence electrons. The smallest absolute Gasteiger partial charge is 0.119 e. The Morgan fingerprint density at radius 3 is 1.70 bits per heavy atom. The molecule has 0 heterocycles. The maximum absolute atomic E-state index is 6.64. The molecule has 3 unspecified atom stereocenters. The number of aryl methyl sites for hydroxylation is 4. The first-order chi connectivity index (χ1) is 37.6. The van der Waals surface area contributed by atoms with Gasteiger partial charge < -0.3 is 9.64 Å². The molecule has 2 nitrogen and oxygen atoms in total. The van der Waals surface area contributed by atoms with Crippen LogP contribution in [0.3, 0.4) is 0 Å². The van der Waals surface area contributed by atoms with Gasteiger partial charge in [0.1, 0.15) is 12.4 Å². The van der Waals surface area contributed by atoms with Crippen LogP contribution in [0.5, 0.6) is 5.75 Å². The van der Waals surface area contributed by atoms with E-state index in [1.807, 2.05) is 0 Å². The summed E-state index contributed by atoms with van der Waals surface area (Å²) >= 11 is 0. The van der Waals surface area contributed by atoms with E-state index in [1.54, 1.807) is 11.1 Å². The average Bonchev–Trinajstić information content (AvgIpc) is 3.88. The SMILES string of the molecule is CCC(CC(C)c1ccc(COc2ccc(C3(c4cc(C)cc(C)c4)c4ccccc4-c4ccc(N(c5ccc(-c6ccccc6)cc5)c5ccc6c(c5)C(C)(C)c5ccccc5-6)cc43)cc2)cc1)c1ccc2c(c1)CC2. The molecule has 0 aliphatic heterocycles. The molecule has 3 aliphatic rings. The highest BCUT2D eigenvalue weighted by molar-refractivity contribution is 5.91. The standard InChI is InChI=1S/C75H67NO/c1-7-53(58-27-25-57-26-28-59(57)45-58)44-51(4)54-23-21-52(22-24-54)48-77-65-37-31-60(32-38-65)75(61-42-49(2)41-50(3)43-61)71-20-14-12-18-67(71)69-40-36-64(47-73(69)75)76(62-33-29-56(30-34-62)55-15-9-8-10-16-55)63-35-39-68-66-17-11-13-19-70(66)74(5,6)72(68)46-63/h8-25,27,29-43,45-47,51,53H,7,26,28,44,48H2,1-6H3. The van der Waals surface area contributed by atoms with E-state index in [0.717, 1.165) is 35.7 Å². The van der Waals surface area contributed by atoms with E-state index in [0.29, 0.717) is 18.4 Å². The van der Waals surface area contributed by atoms with Crippen molar-refractivity contribution in [2.24, 2.45) is 0 Å². The van der Waals surface area contributed by atoms with Gasteiger partial charge in [-0.1, -0.05) is 215 Å². The van der Waals surface area contributed by atoms with Crippen LogP contribution in [0, 0.1) is 13.8 Å². The van der Waals surface area contributed by atoms with Crippen molar-refractivity contribution in [1.82, 2.24) is 0 Å². The second-order valence-electron chi connectivity index (χ2n) is 22.9. The van der Waals surface area contributed by atoms with E-state index < -0.39 is 5.41 Å². The largest absolute Gasteiger partial charge is 0.489 e. The first kappa shape index (κ1) is 48.4. The van der Waals surface area contributed by atoms with Crippen molar-refractivity contribution in [2.75, 3.05) is 4.90 Å². The molecule has 0 bridgehead atoms. The Labute approximate surface area is 456 Å². The molecule has 13 rings (SSSR count). The Balaban J connectivity index is 0.867. The maximum atomic E-state index is 6.64. The van der Waals surface area contributed by atoms with E-state index in [1.165, 1.54) is 107 Å². The van der Waals surface area contributed by atoms with Crippen molar-refractivity contribution >= 4 is 17.1 Å². The number of benzene rings is 10. The van der Waals surface area contributed by atoms with Crippen molar-refractivity contribution in [1.29, 1.82) is 0 Å². The summed E-state index contributed by atoms with van der Waals surface area (Å²) in [5.74, 6) is 1.90. The molecule has 3 aliphatic carbocycles. The molecular formula is C75H67NO. The number of hydrogen-bond donors (Lipinski definition) is 0. The number of ether oxygens (including phenoxy) is 1. The summed E-state index contributed by atoms with van der Waals surface area (Å²) in [7, 11) is 0. The third-order valence-electron chi connectivity index (χ3n) is 17.7. The zero-order valence-electron chi connectivity index (χ0n) is 45.4. The molecule has 0 saturated heterocycles. The first-order valence-corrected chi connectivity index (χ1v) is 28.0. The van der Waals surface area contributed by atoms with Gasteiger partial charge in [-0.3, -0.25) is 0 Å². The summed E-state index contributed by atoms with van der Waals surface area (Å²) < 4.78 is 6.64. The molecule has 0 radical (unpaired) electrons. The number of hydrogen-bond acceptors (Lipinski definition) is 2. The van der Waals surface area contributed by atoms with Crippen molar-refractivity contribution in [2.45, 2.75) is 96.5 Å². The first-order valence-electron chi connectivity index (χ1n) is 28.0. The van der Waals surface area contributed by atoms with Gasteiger partial charge in [-0.25, -0.2) is 0 Å². The molecule has 0 amide bonds. The van der Waals surface area contributed by atoms with Gasteiger partial charge in [0.05, 0.1) is 5.41 Å². The molecule has 0 fully saturated rings. The highest BCUT2D eigenvalue weighted by atomic mass is 16.5. The van der Waals surface area contributed by atoms with Crippen LogP contribution in [0.4, 0.5) is 17.1 Å². The lowest BCUT2D eigenvalue weighted by atomic mass is 9.67. The number of nitrogens with zero attached hydrogens (tertiary/aromatic N) is 1. The fraction of sp³-hybridized carbons (Fsp3) is 0.200. The van der Waals surface area contributed by atoms with Crippen LogP contribution in [-0.4, -0.2) is 0 Å². The monoisotopic (exact) mass is 998 g/mol. The van der Waals surface area contributed by atoms with E-state index in [-0.39, 0.29) is 5.41 Å². The highest BCUT2D eigenvalue weighted by Crippen LogP contribution is 2.58. The van der Waals surface area contributed by atoms with Crippen molar-refractivity contribution in [3.63, 3.8) is 0 Å². The van der Waals surface area contributed by atoms with Crippen molar-refractivity contribution in [3.8, 4) is 39.1 Å². The van der Waals surface area contributed by atoms with Gasteiger partial charge in [0.25, 0.3) is 0 Å². The molecule has 10 aromatic rings. The van der Waals surface area contributed by atoms with Gasteiger partial charge in [0, 0.05) is 22.5 Å². The predicted molar refractivity (Wildman–Crippen MR) is 322 cm³/mol. The van der Waals surface area contributed by atoms with Crippen LogP contribution in [0.25, 0.3) is 33.4 Å². The van der Waals surface area contributed by atoms with Gasteiger partial charge >= 0.3 is 0 Å². The quantitative estimate of drug-likeness (QED) is 0.108. The molecule has 0 N–H and O–H groups in total. The number of fused-ring (bicyclic) bond motifs is 7. The zero-order valence-corrected chi connectivity index (χ0v) is 45.4. The van der Waals surface area contributed by atoms with Crippen molar-refractivity contribution in [3.05, 3.63) is 297 Å². The molecule has 0 saturated carbocycles. The lowest BCUT2D eigenvalue weighted by Gasteiger charge is -2.35. The lowest BCUT2D eigenvalue weighted by Crippen LogP contribution is -2.29. The lowest BCUT2D eigenvalue weighted by molar-refractivity contribution is 0.306. The average molecular weight is 998 g/mol. The van der Waals surface area contributed by atoms with E-state index >= 15 is 0 Å². The second-order valence-corrected chi connectivity index (χ2v) is 22.9. The van der Waals surface area contributed by atoms with Gasteiger partial charge in [0.2, 0.25) is 0 Å². The summed E-state index contributed by atoms with van der Waals surface area (Å²) in [5, 5.41) is 0. The minimum atomic E-state index is -0.619. The third-order valence-corrected chi connectivity index (χ3v) is 17.7. The number of rotatable bonds is 14. The Morgan fingerprint density at radius 1 is 0.468 bits per heavy atom. The summed E-state index contributed by atoms with van der Waals surface area (Å²) in [6.07, 6.45) is 4.79. The molecule has 0 aromatic heterocycles. The molecule has 2 heteroatoms. The van der Waals surface area contributed by atoms with Gasteiger partial charge in [-0.2, -0.15) is 0 Å². The molecular weight excluding hydrogens is 931 g/mol. The Hall–Kier alpha value is -8.20. The minimum absolute atomic E-state index is 0.149. The predicted octanol–water partition coefficient (Wildman–Crippen LogP) is 19.5. The normalized spacial score (nSPS) is 16.0. The maximum Gasteiger partial charge on any atom is 0.119 e. The fourth-order valence-corrected chi connectivity index (χ4v) is 13.6. The van der Waals surface area contributed by atoms with Crippen molar-refractivity contribution < 1.29 is 4.74 Å². The molecule has 0 spiro atoms. The fourth-order valence-electron chi connectivity index (χ4n) is 13.6.